The van der Waals surface area contributed by atoms with Crippen molar-refractivity contribution in [3.63, 3.8) is 0 Å². The van der Waals surface area contributed by atoms with Gasteiger partial charge in [0.2, 0.25) is 0 Å². The van der Waals surface area contributed by atoms with Crippen LogP contribution in [0.15, 0.2) is 48.5 Å². The van der Waals surface area contributed by atoms with Crippen LogP contribution in [0.25, 0.3) is 11.1 Å². The van der Waals surface area contributed by atoms with E-state index in [4.69, 9.17) is 14.0 Å². The van der Waals surface area contributed by atoms with E-state index in [0.717, 1.165) is 36.8 Å². The smallest absolute Gasteiger partial charge is 0.310 e. The molecule has 172 valence electrons. The summed E-state index contributed by atoms with van der Waals surface area (Å²) in [6.07, 6.45) is 2.95. The Kier molecular flexibility index (Phi) is 8.52. The van der Waals surface area contributed by atoms with Gasteiger partial charge < -0.3 is 14.0 Å². The molecule has 0 saturated heterocycles. The quantitative estimate of drug-likeness (QED) is 0.257. The summed E-state index contributed by atoms with van der Waals surface area (Å²) in [5.41, 5.74) is 1.68. The molecule has 2 aromatic rings. The molecule has 0 aromatic heterocycles. The SMILES string of the molecule is CCCCOC(=O)CC(CP1(=O)Oc2ccccc2-c2ccccc21)C(=O)OCCCC. The van der Waals surface area contributed by atoms with E-state index in [0.29, 0.717) is 17.7 Å². The second-order valence-corrected chi connectivity index (χ2v) is 10.3. The highest BCUT2D eigenvalue weighted by molar-refractivity contribution is 7.67. The second kappa shape index (κ2) is 11.3. The molecule has 3 rings (SSSR count). The van der Waals surface area contributed by atoms with E-state index in [2.05, 4.69) is 0 Å². The van der Waals surface area contributed by atoms with Crippen LogP contribution in [0.1, 0.15) is 46.0 Å². The Labute approximate surface area is 189 Å². The Morgan fingerprint density at radius 2 is 1.53 bits per heavy atom. The Balaban J connectivity index is 1.86. The number of hydrogen-bond acceptors (Lipinski definition) is 6. The van der Waals surface area contributed by atoms with Gasteiger partial charge in [-0.15, -0.1) is 0 Å². The predicted molar refractivity (Wildman–Crippen MR) is 124 cm³/mol. The van der Waals surface area contributed by atoms with Crippen LogP contribution < -0.4 is 9.83 Å². The van der Waals surface area contributed by atoms with Crippen molar-refractivity contribution in [1.29, 1.82) is 0 Å². The number of unbranched alkanes of at least 4 members (excludes halogenated alkanes) is 2. The largest absolute Gasteiger partial charge is 0.466 e. The molecule has 0 radical (unpaired) electrons. The van der Waals surface area contributed by atoms with E-state index in [1.54, 1.807) is 18.2 Å². The van der Waals surface area contributed by atoms with E-state index in [-0.39, 0.29) is 19.2 Å². The van der Waals surface area contributed by atoms with Gasteiger partial charge in [0.05, 0.1) is 37.0 Å². The predicted octanol–water partition coefficient (Wildman–Crippen LogP) is 5.34. The number of para-hydroxylation sites is 1. The van der Waals surface area contributed by atoms with Crippen LogP contribution in [-0.4, -0.2) is 31.3 Å². The highest BCUT2D eigenvalue weighted by Crippen LogP contribution is 2.55. The molecule has 1 heterocycles. The van der Waals surface area contributed by atoms with Crippen LogP contribution in [-0.2, 0) is 23.6 Å². The van der Waals surface area contributed by atoms with Gasteiger partial charge in [0.15, 0.2) is 0 Å². The molecule has 0 amide bonds. The maximum atomic E-state index is 14.1. The third-order valence-electron chi connectivity index (χ3n) is 5.40. The lowest BCUT2D eigenvalue weighted by atomic mass is 10.0. The summed E-state index contributed by atoms with van der Waals surface area (Å²) in [6, 6.07) is 14.8. The number of carbonyl (C=O) groups excluding carboxylic acids is 2. The minimum atomic E-state index is -3.48. The molecular weight excluding hydrogens is 427 g/mol. The topological polar surface area (TPSA) is 78.9 Å². The Bertz CT molecular complexity index is 986. The zero-order valence-corrected chi connectivity index (χ0v) is 19.6. The zero-order valence-electron chi connectivity index (χ0n) is 18.7. The number of ether oxygens (including phenoxy) is 2. The second-order valence-electron chi connectivity index (χ2n) is 7.96. The van der Waals surface area contributed by atoms with Crippen LogP contribution in [0.4, 0.5) is 0 Å². The average molecular weight is 458 g/mol. The molecule has 2 atom stereocenters. The first-order valence-corrected chi connectivity index (χ1v) is 13.1. The summed E-state index contributed by atoms with van der Waals surface area (Å²) < 4.78 is 30.8. The van der Waals surface area contributed by atoms with Crippen LogP contribution in [0.2, 0.25) is 0 Å². The van der Waals surface area contributed by atoms with Crippen LogP contribution in [0.5, 0.6) is 5.75 Å². The van der Waals surface area contributed by atoms with E-state index in [9.17, 15) is 14.2 Å². The lowest BCUT2D eigenvalue weighted by molar-refractivity contribution is -0.154. The van der Waals surface area contributed by atoms with Crippen LogP contribution in [0.3, 0.4) is 0 Å². The number of hydrogen-bond donors (Lipinski definition) is 0. The Hall–Kier alpha value is -2.59. The molecule has 0 N–H and O–H groups in total. The van der Waals surface area contributed by atoms with Gasteiger partial charge in [0.25, 0.3) is 7.37 Å². The normalized spacial score (nSPS) is 17.4. The number of esters is 2. The molecule has 0 saturated carbocycles. The minimum Gasteiger partial charge on any atom is -0.466 e. The lowest BCUT2D eigenvalue weighted by Crippen LogP contribution is -2.30. The first-order chi connectivity index (χ1) is 15.5. The molecule has 0 bridgehead atoms. The zero-order chi connectivity index (χ0) is 23.0. The fourth-order valence-corrected chi connectivity index (χ4v) is 6.23. The fourth-order valence-electron chi connectivity index (χ4n) is 3.65. The molecule has 0 fully saturated rings. The van der Waals surface area contributed by atoms with Crippen molar-refractivity contribution in [3.8, 4) is 16.9 Å². The summed E-state index contributed by atoms with van der Waals surface area (Å²) >= 11 is 0. The maximum Gasteiger partial charge on any atom is 0.310 e. The molecule has 7 heteroatoms. The highest BCUT2D eigenvalue weighted by Gasteiger charge is 2.41. The summed E-state index contributed by atoms with van der Waals surface area (Å²) in [7, 11) is -3.48. The van der Waals surface area contributed by atoms with Gasteiger partial charge >= 0.3 is 11.9 Å². The summed E-state index contributed by atoms with van der Waals surface area (Å²) in [5, 5.41) is 0.560. The third kappa shape index (κ3) is 5.80. The van der Waals surface area contributed by atoms with E-state index in [1.165, 1.54) is 0 Å². The number of rotatable bonds is 11. The summed E-state index contributed by atoms with van der Waals surface area (Å²) in [6.45, 7) is 4.57. The van der Waals surface area contributed by atoms with Gasteiger partial charge in [-0.3, -0.25) is 14.2 Å². The Morgan fingerprint density at radius 1 is 0.906 bits per heavy atom. The Morgan fingerprint density at radius 3 is 2.25 bits per heavy atom. The maximum absolute atomic E-state index is 14.1. The average Bonchev–Trinajstić information content (AvgIpc) is 2.79. The molecule has 2 unspecified atom stereocenters. The molecule has 0 aliphatic carbocycles. The van der Waals surface area contributed by atoms with Gasteiger partial charge in [0.1, 0.15) is 5.75 Å². The van der Waals surface area contributed by atoms with Crippen LogP contribution >= 0.6 is 7.37 Å². The van der Waals surface area contributed by atoms with Crippen molar-refractivity contribution in [2.75, 3.05) is 19.4 Å². The van der Waals surface area contributed by atoms with E-state index < -0.39 is 25.2 Å². The van der Waals surface area contributed by atoms with Crippen molar-refractivity contribution in [1.82, 2.24) is 0 Å². The molecule has 6 nitrogen and oxygen atoms in total. The lowest BCUT2D eigenvalue weighted by Gasteiger charge is -2.30. The van der Waals surface area contributed by atoms with E-state index in [1.807, 2.05) is 44.2 Å². The van der Waals surface area contributed by atoms with Crippen molar-refractivity contribution in [2.45, 2.75) is 46.0 Å². The van der Waals surface area contributed by atoms with Gasteiger partial charge in [-0.2, -0.15) is 0 Å². The van der Waals surface area contributed by atoms with Crippen molar-refractivity contribution >= 4 is 24.6 Å². The number of fused-ring (bicyclic) bond motifs is 3. The first kappa shape index (κ1) is 24.1. The van der Waals surface area contributed by atoms with Gasteiger partial charge in [0, 0.05) is 5.56 Å². The minimum absolute atomic E-state index is 0.119. The van der Waals surface area contributed by atoms with Crippen molar-refractivity contribution in [2.24, 2.45) is 5.92 Å². The third-order valence-corrected chi connectivity index (χ3v) is 7.94. The van der Waals surface area contributed by atoms with Crippen molar-refractivity contribution < 1.29 is 28.2 Å². The van der Waals surface area contributed by atoms with Gasteiger partial charge in [-0.05, 0) is 30.5 Å². The molecule has 0 spiro atoms. The van der Waals surface area contributed by atoms with Crippen molar-refractivity contribution in [3.05, 3.63) is 48.5 Å². The number of benzene rings is 2. The van der Waals surface area contributed by atoms with E-state index >= 15 is 0 Å². The van der Waals surface area contributed by atoms with Gasteiger partial charge in [-0.1, -0.05) is 63.1 Å². The van der Waals surface area contributed by atoms with Crippen LogP contribution in [0, 0.1) is 5.92 Å². The highest BCUT2D eigenvalue weighted by atomic mass is 31.2. The molecule has 2 aromatic carbocycles. The standard InChI is InChI=1S/C25H31O6P/c1-3-5-15-29-24(26)17-19(25(27)30-16-6-4-2)18-32(28)23-14-10-8-12-21(23)20-11-7-9-13-22(20)31-32/h7-14,19H,3-6,15-18H2,1-2H3. The summed E-state index contributed by atoms with van der Waals surface area (Å²) in [4.78, 5) is 25.2. The summed E-state index contributed by atoms with van der Waals surface area (Å²) in [5.74, 6) is -1.43. The molecule has 32 heavy (non-hydrogen) atoms. The van der Waals surface area contributed by atoms with Gasteiger partial charge in [-0.25, -0.2) is 0 Å². The fraction of sp³-hybridized carbons (Fsp3) is 0.440. The number of carbonyl (C=O) groups is 2. The first-order valence-electron chi connectivity index (χ1n) is 11.3. The molecular formula is C25H31O6P. The monoisotopic (exact) mass is 458 g/mol. The molecule has 1 aliphatic heterocycles. The molecule has 1 aliphatic rings.